The standard InChI is InChI=1S/C13H10BrCl/c1-9-12(3-2-4-13(9)15)10-5-7-11(14)8-6-10/h2-8H,1H3. The maximum Gasteiger partial charge on any atom is 0.0441 e. The van der Waals surface area contributed by atoms with Crippen LogP contribution < -0.4 is 0 Å². The van der Waals surface area contributed by atoms with Crippen LogP contribution in [0.5, 0.6) is 0 Å². The predicted molar refractivity (Wildman–Crippen MR) is 69.3 cm³/mol. The highest BCUT2D eigenvalue weighted by Gasteiger charge is 2.03. The minimum absolute atomic E-state index is 0.815. The van der Waals surface area contributed by atoms with Crippen molar-refractivity contribution < 1.29 is 0 Å². The third-order valence-corrected chi connectivity index (χ3v) is 3.36. The Morgan fingerprint density at radius 3 is 2.33 bits per heavy atom. The van der Waals surface area contributed by atoms with E-state index in [1.807, 2.05) is 31.2 Å². The highest BCUT2D eigenvalue weighted by molar-refractivity contribution is 9.10. The average Bonchev–Trinajstić information content (AvgIpc) is 2.24. The van der Waals surface area contributed by atoms with Crippen molar-refractivity contribution in [2.24, 2.45) is 0 Å². The summed E-state index contributed by atoms with van der Waals surface area (Å²) in [6.45, 7) is 2.04. The van der Waals surface area contributed by atoms with Gasteiger partial charge >= 0.3 is 0 Å². The molecule has 0 aliphatic heterocycles. The number of halogens is 2. The van der Waals surface area contributed by atoms with Crippen LogP contribution in [0.25, 0.3) is 11.1 Å². The molecule has 2 rings (SSSR count). The van der Waals surface area contributed by atoms with E-state index in [1.165, 1.54) is 11.1 Å². The fourth-order valence-electron chi connectivity index (χ4n) is 1.55. The summed E-state index contributed by atoms with van der Waals surface area (Å²) in [7, 11) is 0. The zero-order chi connectivity index (χ0) is 10.8. The minimum atomic E-state index is 0.815. The van der Waals surface area contributed by atoms with Crippen LogP contribution >= 0.6 is 27.5 Å². The minimum Gasteiger partial charge on any atom is -0.0840 e. The summed E-state index contributed by atoms with van der Waals surface area (Å²) in [6.07, 6.45) is 0. The van der Waals surface area contributed by atoms with Gasteiger partial charge in [0.2, 0.25) is 0 Å². The van der Waals surface area contributed by atoms with Gasteiger partial charge in [-0.3, -0.25) is 0 Å². The molecule has 0 atom stereocenters. The van der Waals surface area contributed by atoms with Crippen LogP contribution in [-0.4, -0.2) is 0 Å². The van der Waals surface area contributed by atoms with Crippen LogP contribution in [0.4, 0.5) is 0 Å². The zero-order valence-electron chi connectivity index (χ0n) is 8.30. The van der Waals surface area contributed by atoms with Crippen LogP contribution in [0, 0.1) is 6.92 Å². The van der Waals surface area contributed by atoms with Gasteiger partial charge in [0.25, 0.3) is 0 Å². The van der Waals surface area contributed by atoms with Crippen molar-refractivity contribution in [3.8, 4) is 11.1 Å². The van der Waals surface area contributed by atoms with Crippen molar-refractivity contribution >= 4 is 27.5 Å². The van der Waals surface area contributed by atoms with E-state index in [9.17, 15) is 0 Å². The first-order valence-electron chi connectivity index (χ1n) is 4.69. The Labute approximate surface area is 103 Å². The summed E-state index contributed by atoms with van der Waals surface area (Å²) < 4.78 is 1.09. The second-order valence-electron chi connectivity index (χ2n) is 3.42. The van der Waals surface area contributed by atoms with E-state index in [-0.39, 0.29) is 0 Å². The first kappa shape index (κ1) is 10.7. The first-order valence-corrected chi connectivity index (χ1v) is 5.86. The molecule has 0 N–H and O–H groups in total. The molecule has 0 unspecified atom stereocenters. The lowest BCUT2D eigenvalue weighted by Crippen LogP contribution is -1.83. The number of rotatable bonds is 1. The largest absolute Gasteiger partial charge is 0.0840 e. The van der Waals surface area contributed by atoms with Gasteiger partial charge in [0, 0.05) is 9.50 Å². The van der Waals surface area contributed by atoms with Crippen LogP contribution in [0.2, 0.25) is 5.02 Å². The molecule has 0 fully saturated rings. The molecule has 2 heteroatoms. The second-order valence-corrected chi connectivity index (χ2v) is 4.74. The highest BCUT2D eigenvalue weighted by atomic mass is 79.9. The lowest BCUT2D eigenvalue weighted by Gasteiger charge is -2.07. The summed E-state index contributed by atoms with van der Waals surface area (Å²) in [5.74, 6) is 0. The van der Waals surface area contributed by atoms with Crippen molar-refractivity contribution in [2.75, 3.05) is 0 Å². The van der Waals surface area contributed by atoms with E-state index in [0.717, 1.165) is 15.1 Å². The smallest absolute Gasteiger partial charge is 0.0441 e. The van der Waals surface area contributed by atoms with E-state index >= 15 is 0 Å². The molecule has 0 heterocycles. The molecule has 0 spiro atoms. The van der Waals surface area contributed by atoms with E-state index in [0.29, 0.717) is 0 Å². The molecule has 0 bridgehead atoms. The molecule has 0 saturated heterocycles. The topological polar surface area (TPSA) is 0 Å². The lowest BCUT2D eigenvalue weighted by molar-refractivity contribution is 1.45. The summed E-state index contributed by atoms with van der Waals surface area (Å²) in [5.41, 5.74) is 3.51. The Morgan fingerprint density at radius 2 is 1.67 bits per heavy atom. The van der Waals surface area contributed by atoms with E-state index < -0.39 is 0 Å². The summed E-state index contributed by atoms with van der Waals surface area (Å²) in [5, 5.41) is 0.815. The van der Waals surface area contributed by atoms with Gasteiger partial charge in [0.05, 0.1) is 0 Å². The molecule has 0 aromatic heterocycles. The Kier molecular flexibility index (Phi) is 3.13. The number of benzene rings is 2. The highest BCUT2D eigenvalue weighted by Crippen LogP contribution is 2.28. The molecular formula is C13H10BrCl. The van der Waals surface area contributed by atoms with Crippen molar-refractivity contribution in [1.82, 2.24) is 0 Å². The molecule has 0 amide bonds. The van der Waals surface area contributed by atoms with Gasteiger partial charge in [-0.05, 0) is 41.8 Å². The van der Waals surface area contributed by atoms with Crippen molar-refractivity contribution in [2.45, 2.75) is 6.92 Å². The molecule has 2 aromatic rings. The summed E-state index contributed by atoms with van der Waals surface area (Å²) >= 11 is 9.51. The van der Waals surface area contributed by atoms with E-state index in [4.69, 9.17) is 11.6 Å². The van der Waals surface area contributed by atoms with Gasteiger partial charge in [-0.2, -0.15) is 0 Å². The number of hydrogen-bond donors (Lipinski definition) is 0. The monoisotopic (exact) mass is 280 g/mol. The lowest BCUT2D eigenvalue weighted by atomic mass is 10.0. The fourth-order valence-corrected chi connectivity index (χ4v) is 1.99. The van der Waals surface area contributed by atoms with Crippen molar-refractivity contribution in [1.29, 1.82) is 0 Å². The maximum atomic E-state index is 6.09. The Morgan fingerprint density at radius 1 is 1.00 bits per heavy atom. The van der Waals surface area contributed by atoms with E-state index in [2.05, 4.69) is 34.1 Å². The van der Waals surface area contributed by atoms with Gasteiger partial charge in [-0.25, -0.2) is 0 Å². The molecule has 0 saturated carbocycles. The Hall–Kier alpha value is -0.790. The molecule has 0 aliphatic carbocycles. The van der Waals surface area contributed by atoms with Gasteiger partial charge in [-0.15, -0.1) is 0 Å². The van der Waals surface area contributed by atoms with Gasteiger partial charge in [0.15, 0.2) is 0 Å². The second kappa shape index (κ2) is 4.38. The van der Waals surface area contributed by atoms with E-state index in [1.54, 1.807) is 0 Å². The van der Waals surface area contributed by atoms with Gasteiger partial charge in [0.1, 0.15) is 0 Å². The molecule has 0 nitrogen and oxygen atoms in total. The van der Waals surface area contributed by atoms with Crippen molar-refractivity contribution in [3.05, 3.63) is 57.5 Å². The third-order valence-electron chi connectivity index (χ3n) is 2.42. The third kappa shape index (κ3) is 2.24. The molecule has 0 aliphatic rings. The van der Waals surface area contributed by atoms with Gasteiger partial charge in [-0.1, -0.05) is 51.8 Å². The molecular weight excluding hydrogens is 272 g/mol. The van der Waals surface area contributed by atoms with Gasteiger partial charge < -0.3 is 0 Å². The quantitative estimate of drug-likeness (QED) is 0.684. The zero-order valence-corrected chi connectivity index (χ0v) is 10.6. The number of hydrogen-bond acceptors (Lipinski definition) is 0. The molecule has 15 heavy (non-hydrogen) atoms. The predicted octanol–water partition coefficient (Wildman–Crippen LogP) is 5.08. The summed E-state index contributed by atoms with van der Waals surface area (Å²) in [6, 6.07) is 14.2. The Balaban J connectivity index is 2.54. The normalized spacial score (nSPS) is 10.3. The van der Waals surface area contributed by atoms with Crippen LogP contribution in [0.1, 0.15) is 5.56 Å². The van der Waals surface area contributed by atoms with Crippen LogP contribution in [0.3, 0.4) is 0 Å². The summed E-state index contributed by atoms with van der Waals surface area (Å²) in [4.78, 5) is 0. The van der Waals surface area contributed by atoms with Crippen LogP contribution in [-0.2, 0) is 0 Å². The van der Waals surface area contributed by atoms with Crippen LogP contribution in [0.15, 0.2) is 46.9 Å². The fraction of sp³-hybridized carbons (Fsp3) is 0.0769. The SMILES string of the molecule is Cc1c(Cl)cccc1-c1ccc(Br)cc1. The Bertz CT molecular complexity index is 474. The molecule has 76 valence electrons. The molecule has 2 aromatic carbocycles. The average molecular weight is 282 g/mol. The van der Waals surface area contributed by atoms with Crippen molar-refractivity contribution in [3.63, 3.8) is 0 Å². The molecule has 0 radical (unpaired) electrons. The maximum absolute atomic E-state index is 6.09. The first-order chi connectivity index (χ1) is 7.18.